The van der Waals surface area contributed by atoms with Crippen molar-refractivity contribution in [1.82, 2.24) is 10.2 Å². The topological polar surface area (TPSA) is 79.9 Å². The second kappa shape index (κ2) is 10.2. The summed E-state index contributed by atoms with van der Waals surface area (Å²) in [7, 11) is 5.17. The molecule has 0 spiro atoms. The van der Waals surface area contributed by atoms with Crippen LogP contribution < -0.4 is 20.1 Å². The van der Waals surface area contributed by atoms with Crippen LogP contribution in [0.1, 0.15) is 10.4 Å². The third kappa shape index (κ3) is 6.31. The molecule has 2 rings (SSSR count). The fourth-order valence-electron chi connectivity index (χ4n) is 2.34. The van der Waals surface area contributed by atoms with Gasteiger partial charge in [0, 0.05) is 37.5 Å². The number of nitrogens with zero attached hydrogens (tertiary/aromatic N) is 1. The van der Waals surface area contributed by atoms with Gasteiger partial charge in [0.15, 0.2) is 6.61 Å². The zero-order valence-corrected chi connectivity index (χ0v) is 15.8. The first-order valence-electron chi connectivity index (χ1n) is 8.60. The van der Waals surface area contributed by atoms with Gasteiger partial charge in [-0.05, 0) is 43.4 Å². The predicted octanol–water partition coefficient (Wildman–Crippen LogP) is 2.00. The third-order valence-corrected chi connectivity index (χ3v) is 3.87. The van der Waals surface area contributed by atoms with Gasteiger partial charge in [0.25, 0.3) is 11.8 Å². The van der Waals surface area contributed by atoms with E-state index in [1.54, 1.807) is 67.6 Å². The molecule has 0 atom stereocenters. The number of amides is 2. The van der Waals surface area contributed by atoms with E-state index in [1.807, 2.05) is 7.05 Å². The lowest BCUT2D eigenvalue weighted by Crippen LogP contribution is -2.32. The molecule has 0 saturated carbocycles. The Labute approximate surface area is 159 Å². The lowest BCUT2D eigenvalue weighted by molar-refractivity contribution is -0.118. The molecule has 0 saturated heterocycles. The summed E-state index contributed by atoms with van der Waals surface area (Å²) in [4.78, 5) is 25.9. The van der Waals surface area contributed by atoms with Gasteiger partial charge in [-0.2, -0.15) is 0 Å². The molecule has 0 aliphatic heterocycles. The van der Waals surface area contributed by atoms with Crippen LogP contribution in [0.15, 0.2) is 48.5 Å². The van der Waals surface area contributed by atoms with Crippen molar-refractivity contribution in [3.63, 3.8) is 0 Å². The third-order valence-electron chi connectivity index (χ3n) is 3.87. The van der Waals surface area contributed by atoms with Gasteiger partial charge < -0.3 is 25.0 Å². The number of rotatable bonds is 9. The van der Waals surface area contributed by atoms with Gasteiger partial charge in [0.2, 0.25) is 0 Å². The fraction of sp³-hybridized carbons (Fsp3) is 0.300. The minimum absolute atomic E-state index is 0.0624. The highest BCUT2D eigenvalue weighted by Crippen LogP contribution is 2.17. The Bertz CT molecular complexity index is 762. The highest BCUT2D eigenvalue weighted by atomic mass is 16.5. The Hall–Kier alpha value is -3.06. The van der Waals surface area contributed by atoms with Gasteiger partial charge in [-0.3, -0.25) is 9.59 Å². The lowest BCUT2D eigenvalue weighted by Gasteiger charge is -2.17. The first kappa shape index (κ1) is 20.3. The summed E-state index contributed by atoms with van der Waals surface area (Å²) < 4.78 is 10.6. The summed E-state index contributed by atoms with van der Waals surface area (Å²) >= 11 is 0. The zero-order chi connectivity index (χ0) is 19.6. The van der Waals surface area contributed by atoms with Crippen molar-refractivity contribution in [2.45, 2.75) is 0 Å². The second-order valence-corrected chi connectivity index (χ2v) is 5.92. The van der Waals surface area contributed by atoms with Crippen molar-refractivity contribution >= 4 is 17.5 Å². The molecular weight excluding hydrogens is 346 g/mol. The minimum Gasteiger partial charge on any atom is -0.497 e. The van der Waals surface area contributed by atoms with Crippen LogP contribution in [0.4, 0.5) is 5.69 Å². The van der Waals surface area contributed by atoms with E-state index in [1.165, 1.54) is 0 Å². The van der Waals surface area contributed by atoms with Crippen LogP contribution in [0, 0.1) is 0 Å². The van der Waals surface area contributed by atoms with Crippen molar-refractivity contribution in [3.8, 4) is 11.5 Å². The van der Waals surface area contributed by atoms with Crippen LogP contribution in [-0.2, 0) is 4.79 Å². The molecule has 7 nitrogen and oxygen atoms in total. The van der Waals surface area contributed by atoms with Crippen LogP contribution >= 0.6 is 0 Å². The molecule has 0 aliphatic rings. The number of ether oxygens (including phenoxy) is 2. The van der Waals surface area contributed by atoms with Gasteiger partial charge >= 0.3 is 0 Å². The Balaban J connectivity index is 1.85. The van der Waals surface area contributed by atoms with E-state index < -0.39 is 0 Å². The fourth-order valence-corrected chi connectivity index (χ4v) is 2.34. The molecule has 144 valence electrons. The van der Waals surface area contributed by atoms with E-state index in [0.29, 0.717) is 29.3 Å². The van der Waals surface area contributed by atoms with Gasteiger partial charge in [-0.15, -0.1) is 0 Å². The van der Waals surface area contributed by atoms with Crippen LogP contribution in [-0.4, -0.2) is 57.6 Å². The predicted molar refractivity (Wildman–Crippen MR) is 104 cm³/mol. The molecule has 0 aromatic heterocycles. The number of hydrogen-bond donors (Lipinski definition) is 2. The van der Waals surface area contributed by atoms with Crippen LogP contribution in [0.25, 0.3) is 0 Å². The maximum atomic E-state index is 12.3. The Morgan fingerprint density at radius 3 is 2.48 bits per heavy atom. The highest BCUT2D eigenvalue weighted by molar-refractivity contribution is 5.94. The summed E-state index contributed by atoms with van der Waals surface area (Å²) in [6.07, 6.45) is 0. The maximum absolute atomic E-state index is 12.3. The van der Waals surface area contributed by atoms with E-state index in [-0.39, 0.29) is 18.4 Å². The van der Waals surface area contributed by atoms with E-state index in [4.69, 9.17) is 9.47 Å². The second-order valence-electron chi connectivity index (χ2n) is 5.92. The number of benzene rings is 2. The molecule has 2 aromatic carbocycles. The summed E-state index contributed by atoms with van der Waals surface area (Å²) in [5.74, 6) is 0.835. The first-order chi connectivity index (χ1) is 13.0. The maximum Gasteiger partial charge on any atom is 0.262 e. The summed E-state index contributed by atoms with van der Waals surface area (Å²) in [5, 5.41) is 5.75. The van der Waals surface area contributed by atoms with Crippen molar-refractivity contribution < 1.29 is 19.1 Å². The number of methoxy groups -OCH3 is 1. The quantitative estimate of drug-likeness (QED) is 0.705. The molecule has 2 N–H and O–H groups in total. The molecule has 27 heavy (non-hydrogen) atoms. The molecule has 0 bridgehead atoms. The van der Waals surface area contributed by atoms with Crippen LogP contribution in [0.2, 0.25) is 0 Å². The molecular formula is C20H25N3O4. The summed E-state index contributed by atoms with van der Waals surface area (Å²) in [5.41, 5.74) is 1.20. The van der Waals surface area contributed by atoms with Gasteiger partial charge in [0.1, 0.15) is 11.5 Å². The number of anilines is 1. The first-order valence-corrected chi connectivity index (χ1v) is 8.60. The Morgan fingerprint density at radius 2 is 1.81 bits per heavy atom. The molecule has 2 amide bonds. The van der Waals surface area contributed by atoms with Crippen LogP contribution in [0.3, 0.4) is 0 Å². The van der Waals surface area contributed by atoms with E-state index in [2.05, 4.69) is 10.6 Å². The molecule has 0 heterocycles. The average Bonchev–Trinajstić information content (AvgIpc) is 2.70. The number of carbonyl (C=O) groups is 2. The summed E-state index contributed by atoms with van der Waals surface area (Å²) in [6.45, 7) is 1.22. The molecule has 0 radical (unpaired) electrons. The zero-order valence-electron chi connectivity index (χ0n) is 15.8. The minimum atomic E-state index is -0.282. The number of carbonyl (C=O) groups excluding carboxylic acids is 2. The number of hydrogen-bond acceptors (Lipinski definition) is 5. The smallest absolute Gasteiger partial charge is 0.262 e. The lowest BCUT2D eigenvalue weighted by atomic mass is 10.2. The number of likely N-dealkylation sites (N-methyl/N-ethyl adjacent to an activating group) is 2. The Kier molecular flexibility index (Phi) is 7.63. The van der Waals surface area contributed by atoms with E-state index >= 15 is 0 Å². The van der Waals surface area contributed by atoms with E-state index in [9.17, 15) is 9.59 Å². The molecule has 2 aromatic rings. The van der Waals surface area contributed by atoms with Crippen molar-refractivity contribution in [2.75, 3.05) is 46.2 Å². The van der Waals surface area contributed by atoms with Crippen molar-refractivity contribution in [1.29, 1.82) is 0 Å². The molecule has 0 unspecified atom stereocenters. The van der Waals surface area contributed by atoms with Gasteiger partial charge in [-0.1, -0.05) is 6.07 Å². The van der Waals surface area contributed by atoms with Gasteiger partial charge in [0.05, 0.1) is 7.11 Å². The average molecular weight is 371 g/mol. The Morgan fingerprint density at radius 1 is 1.07 bits per heavy atom. The monoisotopic (exact) mass is 371 g/mol. The van der Waals surface area contributed by atoms with Crippen molar-refractivity contribution in [2.24, 2.45) is 0 Å². The SMILES string of the molecule is CNCCN(C)C(=O)c1ccc(OCC(=O)Nc2cccc(OC)c2)cc1. The van der Waals surface area contributed by atoms with E-state index in [0.717, 1.165) is 6.54 Å². The van der Waals surface area contributed by atoms with Crippen LogP contribution in [0.5, 0.6) is 11.5 Å². The molecule has 0 fully saturated rings. The largest absolute Gasteiger partial charge is 0.497 e. The highest BCUT2D eigenvalue weighted by Gasteiger charge is 2.11. The van der Waals surface area contributed by atoms with Gasteiger partial charge in [-0.25, -0.2) is 0 Å². The normalized spacial score (nSPS) is 10.2. The van der Waals surface area contributed by atoms with Crippen molar-refractivity contribution in [3.05, 3.63) is 54.1 Å². The summed E-state index contributed by atoms with van der Waals surface area (Å²) in [6, 6.07) is 13.8. The number of nitrogens with one attached hydrogen (secondary N) is 2. The standard InChI is InChI=1S/C20H25N3O4/c1-21-11-12-23(2)20(25)15-7-9-17(10-8-15)27-14-19(24)22-16-5-4-6-18(13-16)26-3/h4-10,13,21H,11-12,14H2,1-3H3,(H,22,24). The molecule has 7 heteroatoms. The molecule has 0 aliphatic carbocycles.